The molecule has 1 saturated heterocycles. The van der Waals surface area contributed by atoms with Crippen LogP contribution in [0.1, 0.15) is 30.0 Å². The van der Waals surface area contributed by atoms with Crippen molar-refractivity contribution in [2.24, 2.45) is 0 Å². The van der Waals surface area contributed by atoms with Gasteiger partial charge in [0.25, 0.3) is 0 Å². The Hall–Kier alpha value is -0.410. The molecule has 0 bridgehead atoms. The molecule has 2 heterocycles. The van der Waals surface area contributed by atoms with Crippen molar-refractivity contribution in [1.82, 2.24) is 10.3 Å². The van der Waals surface area contributed by atoms with E-state index in [-0.39, 0.29) is 0 Å². The number of nitrogens with one attached hydrogen (secondary N) is 1. The third-order valence-electron chi connectivity index (χ3n) is 2.55. The lowest BCUT2D eigenvalue weighted by Gasteiger charge is -2.14. The smallest absolute Gasteiger partial charge is 0.0413 e. The molecule has 1 aliphatic rings. The van der Waals surface area contributed by atoms with Crippen LogP contribution in [-0.4, -0.2) is 11.5 Å². The Bertz CT molecular complexity index is 286. The SMILES string of the molecule is Cc1cncc(Br)c1C1CCCN1. The van der Waals surface area contributed by atoms with E-state index in [1.54, 1.807) is 0 Å². The van der Waals surface area contributed by atoms with Crippen LogP contribution in [0.15, 0.2) is 16.9 Å². The van der Waals surface area contributed by atoms with Crippen LogP contribution in [-0.2, 0) is 0 Å². The van der Waals surface area contributed by atoms with Crippen molar-refractivity contribution in [2.45, 2.75) is 25.8 Å². The number of rotatable bonds is 1. The lowest BCUT2D eigenvalue weighted by molar-refractivity contribution is 0.639. The first-order chi connectivity index (χ1) is 6.29. The van der Waals surface area contributed by atoms with Gasteiger partial charge < -0.3 is 5.32 Å². The first kappa shape index (κ1) is 9.16. The van der Waals surface area contributed by atoms with Gasteiger partial charge in [-0.25, -0.2) is 0 Å². The normalized spacial score (nSPS) is 22.2. The molecule has 0 aromatic carbocycles. The minimum atomic E-state index is 0.525. The van der Waals surface area contributed by atoms with Crippen molar-refractivity contribution in [1.29, 1.82) is 0 Å². The van der Waals surface area contributed by atoms with Crippen LogP contribution < -0.4 is 5.32 Å². The minimum Gasteiger partial charge on any atom is -0.310 e. The van der Waals surface area contributed by atoms with Gasteiger partial charge in [-0.3, -0.25) is 4.98 Å². The fraction of sp³-hybridized carbons (Fsp3) is 0.500. The number of hydrogen-bond donors (Lipinski definition) is 1. The average molecular weight is 241 g/mol. The van der Waals surface area contributed by atoms with Crippen LogP contribution in [0, 0.1) is 6.92 Å². The number of hydrogen-bond acceptors (Lipinski definition) is 2. The van der Waals surface area contributed by atoms with E-state index in [1.165, 1.54) is 24.0 Å². The molecule has 1 aliphatic heterocycles. The molecular weight excluding hydrogens is 228 g/mol. The second kappa shape index (κ2) is 3.76. The maximum Gasteiger partial charge on any atom is 0.0413 e. The van der Waals surface area contributed by atoms with Gasteiger partial charge in [-0.05, 0) is 53.4 Å². The Kier molecular flexibility index (Phi) is 2.65. The molecule has 2 nitrogen and oxygen atoms in total. The number of pyridine rings is 1. The number of aromatic nitrogens is 1. The summed E-state index contributed by atoms with van der Waals surface area (Å²) < 4.78 is 1.13. The fourth-order valence-electron chi connectivity index (χ4n) is 1.91. The molecule has 1 aromatic rings. The standard InChI is InChI=1S/C10H13BrN2/c1-7-5-12-6-8(11)10(7)9-3-2-4-13-9/h5-6,9,13H,2-4H2,1H3. The van der Waals surface area contributed by atoms with Gasteiger partial charge in [-0.15, -0.1) is 0 Å². The van der Waals surface area contributed by atoms with Crippen LogP contribution in [0.5, 0.6) is 0 Å². The third-order valence-corrected chi connectivity index (χ3v) is 3.18. The Morgan fingerprint density at radius 1 is 1.54 bits per heavy atom. The molecule has 3 heteroatoms. The highest BCUT2D eigenvalue weighted by Crippen LogP contribution is 2.30. The molecule has 13 heavy (non-hydrogen) atoms. The van der Waals surface area contributed by atoms with E-state index < -0.39 is 0 Å². The average Bonchev–Trinajstić information content (AvgIpc) is 2.57. The van der Waals surface area contributed by atoms with Gasteiger partial charge in [0.05, 0.1) is 0 Å². The molecule has 1 unspecified atom stereocenters. The quantitative estimate of drug-likeness (QED) is 0.817. The van der Waals surface area contributed by atoms with Crippen LogP contribution >= 0.6 is 15.9 Å². The van der Waals surface area contributed by atoms with Gasteiger partial charge >= 0.3 is 0 Å². The lowest BCUT2D eigenvalue weighted by Crippen LogP contribution is -2.14. The maximum atomic E-state index is 4.14. The third kappa shape index (κ3) is 1.76. The molecule has 0 saturated carbocycles. The highest BCUT2D eigenvalue weighted by Gasteiger charge is 2.20. The van der Waals surface area contributed by atoms with E-state index in [1.807, 2.05) is 12.4 Å². The Balaban J connectivity index is 2.37. The minimum absolute atomic E-state index is 0.525. The summed E-state index contributed by atoms with van der Waals surface area (Å²) in [7, 11) is 0. The predicted molar refractivity (Wildman–Crippen MR) is 56.7 cm³/mol. The van der Waals surface area contributed by atoms with E-state index >= 15 is 0 Å². The molecule has 0 radical (unpaired) electrons. The summed E-state index contributed by atoms with van der Waals surface area (Å²) >= 11 is 3.55. The maximum absolute atomic E-state index is 4.14. The summed E-state index contributed by atoms with van der Waals surface area (Å²) in [5.41, 5.74) is 2.65. The number of halogens is 1. The zero-order valence-electron chi connectivity index (χ0n) is 7.68. The van der Waals surface area contributed by atoms with Crippen LogP contribution in [0.4, 0.5) is 0 Å². The van der Waals surface area contributed by atoms with Gasteiger partial charge in [0, 0.05) is 22.9 Å². The van der Waals surface area contributed by atoms with Gasteiger partial charge in [-0.2, -0.15) is 0 Å². The monoisotopic (exact) mass is 240 g/mol. The van der Waals surface area contributed by atoms with Crippen molar-refractivity contribution < 1.29 is 0 Å². The van der Waals surface area contributed by atoms with Crippen LogP contribution in [0.3, 0.4) is 0 Å². The molecule has 1 aromatic heterocycles. The van der Waals surface area contributed by atoms with Crippen molar-refractivity contribution >= 4 is 15.9 Å². The Labute approximate surface area is 86.9 Å². The summed E-state index contributed by atoms with van der Waals surface area (Å²) in [4.78, 5) is 4.14. The van der Waals surface area contributed by atoms with Gasteiger partial charge in [-0.1, -0.05) is 0 Å². The summed E-state index contributed by atoms with van der Waals surface area (Å²) in [5, 5.41) is 3.50. The Morgan fingerprint density at radius 2 is 2.38 bits per heavy atom. The van der Waals surface area contributed by atoms with Gasteiger partial charge in [0.1, 0.15) is 0 Å². The van der Waals surface area contributed by atoms with Crippen molar-refractivity contribution in [3.63, 3.8) is 0 Å². The molecule has 0 amide bonds. The highest BCUT2D eigenvalue weighted by atomic mass is 79.9. The molecule has 2 rings (SSSR count). The van der Waals surface area contributed by atoms with Crippen molar-refractivity contribution in [3.8, 4) is 0 Å². The first-order valence-electron chi connectivity index (χ1n) is 4.62. The van der Waals surface area contributed by atoms with E-state index in [9.17, 15) is 0 Å². The molecular formula is C10H13BrN2. The Morgan fingerprint density at radius 3 is 3.00 bits per heavy atom. The molecule has 1 atom stereocenters. The van der Waals surface area contributed by atoms with Crippen molar-refractivity contribution in [3.05, 3.63) is 28.0 Å². The van der Waals surface area contributed by atoms with Crippen LogP contribution in [0.25, 0.3) is 0 Å². The van der Waals surface area contributed by atoms with Crippen LogP contribution in [0.2, 0.25) is 0 Å². The largest absolute Gasteiger partial charge is 0.310 e. The lowest BCUT2D eigenvalue weighted by atomic mass is 10.0. The van der Waals surface area contributed by atoms with E-state index in [2.05, 4.69) is 33.2 Å². The van der Waals surface area contributed by atoms with Gasteiger partial charge in [0.15, 0.2) is 0 Å². The summed E-state index contributed by atoms with van der Waals surface area (Å²) in [5.74, 6) is 0. The predicted octanol–water partition coefficient (Wildman–Crippen LogP) is 2.58. The second-order valence-electron chi connectivity index (χ2n) is 3.50. The van der Waals surface area contributed by atoms with E-state index in [0.717, 1.165) is 11.0 Å². The molecule has 0 spiro atoms. The summed E-state index contributed by atoms with van der Waals surface area (Å²) in [6, 6.07) is 0.525. The zero-order valence-corrected chi connectivity index (χ0v) is 9.26. The molecule has 70 valence electrons. The highest BCUT2D eigenvalue weighted by molar-refractivity contribution is 9.10. The first-order valence-corrected chi connectivity index (χ1v) is 5.41. The molecule has 1 fully saturated rings. The fourth-order valence-corrected chi connectivity index (χ4v) is 2.62. The van der Waals surface area contributed by atoms with E-state index in [4.69, 9.17) is 0 Å². The molecule has 1 N–H and O–H groups in total. The second-order valence-corrected chi connectivity index (χ2v) is 4.36. The summed E-state index contributed by atoms with van der Waals surface area (Å²) in [6.07, 6.45) is 6.32. The topological polar surface area (TPSA) is 24.9 Å². The molecule has 0 aliphatic carbocycles. The van der Waals surface area contributed by atoms with Gasteiger partial charge in [0.2, 0.25) is 0 Å². The zero-order chi connectivity index (χ0) is 9.26. The summed E-state index contributed by atoms with van der Waals surface area (Å²) in [6.45, 7) is 3.26. The number of nitrogens with zero attached hydrogens (tertiary/aromatic N) is 1. The van der Waals surface area contributed by atoms with Crippen molar-refractivity contribution in [2.75, 3.05) is 6.54 Å². The number of aryl methyl sites for hydroxylation is 1. The van der Waals surface area contributed by atoms with E-state index in [0.29, 0.717) is 6.04 Å².